The third-order valence-electron chi connectivity index (χ3n) is 6.18. The first-order valence-electron chi connectivity index (χ1n) is 11.5. The number of benzene rings is 2. The first kappa shape index (κ1) is 25.5. The SMILES string of the molecule is CC(C)Oc1ccc(N(C(=O)C(F)(F)F)c2cccc(S(=O)(=O)N3CCN4CCCC4C3)c2)cc1. The second kappa shape index (κ2) is 9.79. The molecule has 1 amide bonds. The van der Waals surface area contributed by atoms with Crippen molar-refractivity contribution in [3.8, 4) is 5.75 Å². The predicted octanol–water partition coefficient (Wildman–Crippen LogP) is 4.17. The number of hydrogen-bond donors (Lipinski definition) is 0. The highest BCUT2D eigenvalue weighted by Crippen LogP contribution is 2.34. The zero-order valence-electron chi connectivity index (χ0n) is 19.5. The summed E-state index contributed by atoms with van der Waals surface area (Å²) in [6.45, 7) is 5.84. The van der Waals surface area contributed by atoms with Crippen LogP contribution in [0.2, 0.25) is 0 Å². The van der Waals surface area contributed by atoms with Gasteiger partial charge in [0.15, 0.2) is 0 Å². The Labute approximate surface area is 203 Å². The van der Waals surface area contributed by atoms with Crippen molar-refractivity contribution >= 4 is 27.3 Å². The van der Waals surface area contributed by atoms with Crippen molar-refractivity contribution in [2.45, 2.75) is 49.9 Å². The van der Waals surface area contributed by atoms with Crippen molar-refractivity contribution < 1.29 is 31.1 Å². The molecule has 11 heteroatoms. The average Bonchev–Trinajstić information content (AvgIpc) is 3.27. The molecular weight excluding hydrogens is 483 g/mol. The topological polar surface area (TPSA) is 70.2 Å². The standard InChI is InChI=1S/C24H28F3N3O4S/c1-17(2)34-21-10-8-18(9-11-21)30(23(31)24(25,26)27)19-5-3-7-22(15-19)35(32,33)29-14-13-28-12-4-6-20(28)16-29/h3,5,7-11,15,17,20H,4,6,12-14,16H2,1-2H3. The third-order valence-corrected chi connectivity index (χ3v) is 8.04. The Bertz CT molecular complexity index is 1170. The molecule has 0 spiro atoms. The van der Waals surface area contributed by atoms with Crippen molar-refractivity contribution in [1.82, 2.24) is 9.21 Å². The molecule has 2 aliphatic heterocycles. The van der Waals surface area contributed by atoms with E-state index in [9.17, 15) is 26.4 Å². The van der Waals surface area contributed by atoms with Crippen molar-refractivity contribution in [1.29, 1.82) is 0 Å². The number of anilines is 2. The van der Waals surface area contributed by atoms with E-state index in [-0.39, 0.29) is 28.4 Å². The highest BCUT2D eigenvalue weighted by molar-refractivity contribution is 7.89. The minimum Gasteiger partial charge on any atom is -0.491 e. The maximum Gasteiger partial charge on any atom is 0.472 e. The number of alkyl halides is 3. The lowest BCUT2D eigenvalue weighted by Crippen LogP contribution is -2.51. The van der Waals surface area contributed by atoms with Gasteiger partial charge in [0, 0.05) is 31.4 Å². The smallest absolute Gasteiger partial charge is 0.472 e. The van der Waals surface area contributed by atoms with Crippen LogP contribution in [0.15, 0.2) is 53.4 Å². The van der Waals surface area contributed by atoms with Crippen molar-refractivity contribution in [2.24, 2.45) is 0 Å². The van der Waals surface area contributed by atoms with E-state index in [1.54, 1.807) is 0 Å². The van der Waals surface area contributed by atoms with Gasteiger partial charge >= 0.3 is 12.1 Å². The number of hydrogen-bond acceptors (Lipinski definition) is 5. The Morgan fingerprint density at radius 3 is 2.43 bits per heavy atom. The van der Waals surface area contributed by atoms with Crippen molar-refractivity contribution in [3.63, 3.8) is 0 Å². The molecule has 2 aromatic rings. The largest absolute Gasteiger partial charge is 0.491 e. The summed E-state index contributed by atoms with van der Waals surface area (Å²) in [4.78, 5) is 15.0. The molecule has 0 saturated carbocycles. The monoisotopic (exact) mass is 511 g/mol. The number of ether oxygens (including phenoxy) is 1. The van der Waals surface area contributed by atoms with Crippen LogP contribution >= 0.6 is 0 Å². The van der Waals surface area contributed by atoms with E-state index >= 15 is 0 Å². The Morgan fingerprint density at radius 2 is 1.77 bits per heavy atom. The van der Waals surface area contributed by atoms with E-state index in [0.29, 0.717) is 30.3 Å². The minimum atomic E-state index is -5.17. The van der Waals surface area contributed by atoms with Gasteiger partial charge in [0.05, 0.1) is 16.7 Å². The van der Waals surface area contributed by atoms with Gasteiger partial charge in [-0.1, -0.05) is 6.07 Å². The normalized spacial score (nSPS) is 19.5. The van der Waals surface area contributed by atoms with Crippen LogP contribution in [0.4, 0.5) is 24.5 Å². The Kier molecular flexibility index (Phi) is 7.12. The number of sulfonamides is 1. The number of piperazine rings is 1. The summed E-state index contributed by atoms with van der Waals surface area (Å²) in [6.07, 6.45) is -3.37. The maximum absolute atomic E-state index is 13.5. The summed E-state index contributed by atoms with van der Waals surface area (Å²) in [5.74, 6) is -1.69. The Morgan fingerprint density at radius 1 is 1.06 bits per heavy atom. The van der Waals surface area contributed by atoms with Gasteiger partial charge in [-0.2, -0.15) is 17.5 Å². The molecule has 35 heavy (non-hydrogen) atoms. The number of carbonyl (C=O) groups is 1. The molecular formula is C24H28F3N3O4S. The van der Waals surface area contributed by atoms with Crippen LogP contribution in [0.5, 0.6) is 5.75 Å². The molecule has 1 atom stereocenters. The molecule has 0 aliphatic carbocycles. The van der Waals surface area contributed by atoms with Gasteiger partial charge in [0.2, 0.25) is 10.0 Å². The molecule has 0 radical (unpaired) electrons. The van der Waals surface area contributed by atoms with Gasteiger partial charge in [-0.15, -0.1) is 0 Å². The molecule has 2 fully saturated rings. The fourth-order valence-electron chi connectivity index (χ4n) is 4.57. The van der Waals surface area contributed by atoms with E-state index in [1.807, 2.05) is 13.8 Å². The van der Waals surface area contributed by atoms with E-state index in [4.69, 9.17) is 4.74 Å². The lowest BCUT2D eigenvalue weighted by molar-refractivity contribution is -0.169. The molecule has 1 unspecified atom stereocenters. The van der Waals surface area contributed by atoms with Crippen LogP contribution in [0.25, 0.3) is 0 Å². The summed E-state index contributed by atoms with van der Waals surface area (Å²) >= 11 is 0. The zero-order valence-corrected chi connectivity index (χ0v) is 20.3. The van der Waals surface area contributed by atoms with Gasteiger partial charge in [-0.05, 0) is 75.7 Å². The number of carbonyl (C=O) groups excluding carboxylic acids is 1. The first-order chi connectivity index (χ1) is 16.5. The summed E-state index contributed by atoms with van der Waals surface area (Å²) in [5, 5.41) is 0. The fourth-order valence-corrected chi connectivity index (χ4v) is 6.08. The van der Waals surface area contributed by atoms with Crippen LogP contribution in [-0.2, 0) is 14.8 Å². The molecule has 2 aliphatic rings. The van der Waals surface area contributed by atoms with Crippen molar-refractivity contribution in [3.05, 3.63) is 48.5 Å². The number of rotatable bonds is 6. The lowest BCUT2D eigenvalue weighted by atomic mass is 10.2. The number of amides is 1. The summed E-state index contributed by atoms with van der Waals surface area (Å²) in [6, 6.07) is 10.9. The molecule has 2 aromatic carbocycles. The van der Waals surface area contributed by atoms with Crippen LogP contribution in [0.3, 0.4) is 0 Å². The zero-order chi connectivity index (χ0) is 25.4. The van der Waals surface area contributed by atoms with Gasteiger partial charge < -0.3 is 4.74 Å². The molecule has 0 N–H and O–H groups in total. The van der Waals surface area contributed by atoms with E-state index < -0.39 is 22.1 Å². The summed E-state index contributed by atoms with van der Waals surface area (Å²) in [5.41, 5.74) is -0.247. The fraction of sp³-hybridized carbons (Fsp3) is 0.458. The number of fused-ring (bicyclic) bond motifs is 1. The Hall–Kier alpha value is -2.63. The van der Waals surface area contributed by atoms with Crippen LogP contribution in [0.1, 0.15) is 26.7 Å². The minimum absolute atomic E-state index is 0.0578. The number of nitrogens with zero attached hydrogens (tertiary/aromatic N) is 3. The number of halogens is 3. The second-order valence-electron chi connectivity index (χ2n) is 8.99. The van der Waals surface area contributed by atoms with Crippen LogP contribution in [0, 0.1) is 0 Å². The molecule has 2 saturated heterocycles. The van der Waals surface area contributed by atoms with Gasteiger partial charge in [-0.3, -0.25) is 14.6 Å². The highest BCUT2D eigenvalue weighted by atomic mass is 32.2. The van der Waals surface area contributed by atoms with Crippen molar-refractivity contribution in [2.75, 3.05) is 31.1 Å². The lowest BCUT2D eigenvalue weighted by Gasteiger charge is -2.36. The third kappa shape index (κ3) is 5.46. The quantitative estimate of drug-likeness (QED) is 0.582. The van der Waals surface area contributed by atoms with Gasteiger partial charge in [0.25, 0.3) is 0 Å². The molecule has 190 valence electrons. The predicted molar refractivity (Wildman–Crippen MR) is 125 cm³/mol. The molecule has 4 rings (SSSR count). The summed E-state index contributed by atoms with van der Waals surface area (Å²) in [7, 11) is -3.95. The maximum atomic E-state index is 13.5. The molecule has 0 aromatic heterocycles. The van der Waals surface area contributed by atoms with Gasteiger partial charge in [0.1, 0.15) is 5.75 Å². The first-order valence-corrected chi connectivity index (χ1v) is 12.9. The molecule has 7 nitrogen and oxygen atoms in total. The van der Waals surface area contributed by atoms with Gasteiger partial charge in [-0.25, -0.2) is 8.42 Å². The average molecular weight is 512 g/mol. The molecule has 0 bridgehead atoms. The van der Waals surface area contributed by atoms with E-state index in [2.05, 4.69) is 4.90 Å². The second-order valence-corrected chi connectivity index (χ2v) is 10.9. The molecule has 2 heterocycles. The summed E-state index contributed by atoms with van der Waals surface area (Å²) < 4.78 is 74.2. The Balaban J connectivity index is 1.68. The van der Waals surface area contributed by atoms with Crippen LogP contribution < -0.4 is 9.64 Å². The van der Waals surface area contributed by atoms with Crippen LogP contribution in [-0.4, -0.2) is 68.0 Å². The van der Waals surface area contributed by atoms with E-state index in [1.165, 1.54) is 46.8 Å². The van der Waals surface area contributed by atoms with E-state index in [0.717, 1.165) is 25.5 Å². The highest BCUT2D eigenvalue weighted by Gasteiger charge is 2.44.